The minimum absolute atomic E-state index is 0. The number of rotatable bonds is 5. The topological polar surface area (TPSA) is 50.1 Å². The van der Waals surface area contributed by atoms with E-state index < -0.39 is 6.10 Å². The molecule has 0 saturated carbocycles. The summed E-state index contributed by atoms with van der Waals surface area (Å²) >= 11 is 0. The molecule has 0 spiro atoms. The van der Waals surface area contributed by atoms with Crippen LogP contribution in [0.25, 0.3) is 16.2 Å². The van der Waals surface area contributed by atoms with Gasteiger partial charge in [-0.2, -0.15) is 0 Å². The molecule has 1 heterocycles. The van der Waals surface area contributed by atoms with Crippen LogP contribution >= 0.6 is 0 Å². The van der Waals surface area contributed by atoms with Crippen LogP contribution in [0.15, 0.2) is 30.3 Å². The van der Waals surface area contributed by atoms with Gasteiger partial charge in [-0.3, -0.25) is 0 Å². The second kappa shape index (κ2) is 7.65. The fourth-order valence-corrected chi connectivity index (χ4v) is 1.89. The molecule has 1 aromatic carbocycles. The maximum absolute atomic E-state index is 9.86. The third-order valence-electron chi connectivity index (χ3n) is 2.72. The molecule has 0 aliphatic carbocycles. The number of fused-ring (bicyclic) bond motifs is 1. The van der Waals surface area contributed by atoms with Crippen LogP contribution in [0.3, 0.4) is 0 Å². The summed E-state index contributed by atoms with van der Waals surface area (Å²) in [6.07, 6.45) is 0.232. The molecular weight excluding hydrogens is 439 g/mol. The SMILES string of the molecule is CC(C)[N-]CC(O)Cc1cc2ccccc2[nH]1.[Ac]. The van der Waals surface area contributed by atoms with Gasteiger partial charge >= 0.3 is 0 Å². The number of hydrogen-bond acceptors (Lipinski definition) is 1. The number of nitrogens with one attached hydrogen (secondary N) is 1. The number of aromatic amines is 1. The molecule has 0 fully saturated rings. The van der Waals surface area contributed by atoms with Crippen molar-refractivity contribution >= 4 is 10.9 Å². The van der Waals surface area contributed by atoms with Crippen molar-refractivity contribution in [2.24, 2.45) is 0 Å². The number of nitrogens with zero attached hydrogens (tertiary/aromatic N) is 1. The largest absolute Gasteiger partial charge is 0.658 e. The second-order valence-electron chi connectivity index (χ2n) is 4.70. The van der Waals surface area contributed by atoms with E-state index in [0.717, 1.165) is 11.2 Å². The quantitative estimate of drug-likeness (QED) is 0.712. The Morgan fingerprint density at radius 1 is 1.28 bits per heavy atom. The molecule has 0 amide bonds. The summed E-state index contributed by atoms with van der Waals surface area (Å²) in [7, 11) is 0. The Kier molecular flexibility index (Phi) is 6.87. The predicted octanol–water partition coefficient (Wildman–Crippen LogP) is 2.85. The first-order chi connectivity index (χ1) is 8.15. The molecule has 1 aromatic heterocycles. The van der Waals surface area contributed by atoms with Gasteiger partial charge in [0, 0.05) is 67.8 Å². The third kappa shape index (κ3) is 4.66. The van der Waals surface area contributed by atoms with E-state index in [-0.39, 0.29) is 50.1 Å². The molecule has 1 radical (unpaired) electrons. The molecule has 1 atom stereocenters. The zero-order valence-corrected chi connectivity index (χ0v) is 15.7. The molecule has 4 heteroatoms. The van der Waals surface area contributed by atoms with Gasteiger partial charge in [-0.25, -0.2) is 0 Å². The van der Waals surface area contributed by atoms with Gasteiger partial charge in [0.05, 0.1) is 0 Å². The van der Waals surface area contributed by atoms with Crippen LogP contribution in [-0.2, 0) is 6.42 Å². The maximum Gasteiger partial charge on any atom is 0.0456 e. The summed E-state index contributed by atoms with van der Waals surface area (Å²) in [6.45, 7) is 4.55. The van der Waals surface area contributed by atoms with Crippen LogP contribution in [0.2, 0.25) is 0 Å². The predicted molar refractivity (Wildman–Crippen MR) is 71.4 cm³/mol. The Morgan fingerprint density at radius 3 is 2.67 bits per heavy atom. The van der Waals surface area contributed by atoms with Gasteiger partial charge in [0.2, 0.25) is 0 Å². The van der Waals surface area contributed by atoms with Crippen LogP contribution < -0.4 is 0 Å². The van der Waals surface area contributed by atoms with Crippen LogP contribution in [-0.4, -0.2) is 28.8 Å². The van der Waals surface area contributed by atoms with E-state index in [1.165, 1.54) is 5.39 Å². The van der Waals surface area contributed by atoms with Crippen molar-refractivity contribution in [1.82, 2.24) is 4.98 Å². The van der Waals surface area contributed by atoms with Crippen LogP contribution in [0.1, 0.15) is 19.5 Å². The zero-order chi connectivity index (χ0) is 12.3. The number of benzene rings is 1. The molecule has 18 heavy (non-hydrogen) atoms. The van der Waals surface area contributed by atoms with Gasteiger partial charge in [-0.05, 0) is 17.5 Å². The summed E-state index contributed by atoms with van der Waals surface area (Å²) < 4.78 is 0. The smallest absolute Gasteiger partial charge is 0.0456 e. The standard InChI is InChI=1S/C14H19N2O.Ac/c1-10(2)15-9-13(17)8-12-7-11-5-3-4-6-14(11)16-12;/h3-7,10,13,16-17H,8-9H2,1-2H3;/q-1;. The molecule has 2 rings (SSSR count). The van der Waals surface area contributed by atoms with Gasteiger partial charge in [0.25, 0.3) is 0 Å². The van der Waals surface area contributed by atoms with E-state index in [1.54, 1.807) is 0 Å². The summed E-state index contributed by atoms with van der Waals surface area (Å²) in [5.74, 6) is 0. The number of hydrogen-bond donors (Lipinski definition) is 2. The number of aromatic nitrogens is 1. The molecule has 95 valence electrons. The molecule has 0 saturated heterocycles. The van der Waals surface area contributed by atoms with E-state index in [9.17, 15) is 5.11 Å². The molecule has 0 aliphatic rings. The Balaban J connectivity index is 0.00000162. The number of aliphatic hydroxyl groups excluding tert-OH is 1. The first-order valence-corrected chi connectivity index (χ1v) is 6.06. The maximum atomic E-state index is 9.86. The van der Waals surface area contributed by atoms with Gasteiger partial charge in [-0.1, -0.05) is 32.0 Å². The van der Waals surface area contributed by atoms with Crippen molar-refractivity contribution in [3.63, 3.8) is 0 Å². The van der Waals surface area contributed by atoms with E-state index in [0.29, 0.717) is 13.0 Å². The van der Waals surface area contributed by atoms with E-state index in [2.05, 4.69) is 22.4 Å². The van der Waals surface area contributed by atoms with Crippen molar-refractivity contribution < 1.29 is 49.2 Å². The Labute approximate surface area is 144 Å². The van der Waals surface area contributed by atoms with E-state index in [1.807, 2.05) is 32.0 Å². The minimum Gasteiger partial charge on any atom is -0.658 e. The molecule has 0 aliphatic heterocycles. The third-order valence-corrected chi connectivity index (χ3v) is 2.72. The fraction of sp³-hybridized carbons (Fsp3) is 0.429. The molecule has 2 N–H and O–H groups in total. The monoisotopic (exact) mass is 458 g/mol. The van der Waals surface area contributed by atoms with Gasteiger partial charge in [0.15, 0.2) is 0 Å². The van der Waals surface area contributed by atoms with Crippen LogP contribution in [0, 0.1) is 44.1 Å². The van der Waals surface area contributed by atoms with Gasteiger partial charge in [-0.15, -0.1) is 12.6 Å². The molecule has 0 bridgehead atoms. The molecule has 2 aromatic rings. The Hall–Kier alpha value is 0.122. The average molecular weight is 458 g/mol. The summed E-state index contributed by atoms with van der Waals surface area (Å²) in [4.78, 5) is 3.31. The first kappa shape index (κ1) is 16.2. The molecular formula is C14H19AcN2O-. The van der Waals surface area contributed by atoms with Crippen molar-refractivity contribution in [1.29, 1.82) is 0 Å². The van der Waals surface area contributed by atoms with Crippen LogP contribution in [0.4, 0.5) is 0 Å². The van der Waals surface area contributed by atoms with Crippen molar-refractivity contribution in [3.05, 3.63) is 41.3 Å². The molecule has 3 nitrogen and oxygen atoms in total. The Morgan fingerprint density at radius 2 is 2.00 bits per heavy atom. The van der Waals surface area contributed by atoms with Crippen LogP contribution in [0.5, 0.6) is 0 Å². The summed E-state index contributed by atoms with van der Waals surface area (Å²) in [5, 5.41) is 15.4. The number of para-hydroxylation sites is 1. The van der Waals surface area contributed by atoms with Crippen molar-refractivity contribution in [3.8, 4) is 0 Å². The van der Waals surface area contributed by atoms with Crippen molar-refractivity contribution in [2.45, 2.75) is 32.4 Å². The molecule has 1 unspecified atom stereocenters. The summed E-state index contributed by atoms with van der Waals surface area (Å²) in [6, 6.07) is 10.5. The fourth-order valence-electron chi connectivity index (χ4n) is 1.89. The number of aliphatic hydroxyl groups is 1. The Bertz CT molecular complexity index is 448. The van der Waals surface area contributed by atoms with Gasteiger partial charge < -0.3 is 15.4 Å². The first-order valence-electron chi connectivity index (χ1n) is 6.06. The minimum atomic E-state index is -0.398. The normalized spacial score (nSPS) is 12.7. The van der Waals surface area contributed by atoms with Crippen molar-refractivity contribution in [2.75, 3.05) is 6.54 Å². The van der Waals surface area contributed by atoms with Gasteiger partial charge in [0.1, 0.15) is 0 Å². The average Bonchev–Trinajstić information content (AvgIpc) is 2.68. The zero-order valence-electron chi connectivity index (χ0n) is 10.9. The number of H-pyrrole nitrogens is 1. The second-order valence-corrected chi connectivity index (χ2v) is 4.70. The van der Waals surface area contributed by atoms with E-state index in [4.69, 9.17) is 0 Å². The summed E-state index contributed by atoms with van der Waals surface area (Å²) in [5.41, 5.74) is 2.19. The van der Waals surface area contributed by atoms with E-state index >= 15 is 0 Å².